The summed E-state index contributed by atoms with van der Waals surface area (Å²) in [6.45, 7) is 1.80. The Hall–Kier alpha value is -2.70. The summed E-state index contributed by atoms with van der Waals surface area (Å²) in [7, 11) is 0. The molecule has 0 aliphatic rings. The van der Waals surface area contributed by atoms with Gasteiger partial charge in [-0.15, -0.1) is 0 Å². The van der Waals surface area contributed by atoms with Gasteiger partial charge in [-0.2, -0.15) is 10.2 Å². The van der Waals surface area contributed by atoms with Gasteiger partial charge in [0.2, 0.25) is 0 Å². The highest BCUT2D eigenvalue weighted by Gasteiger charge is 2.13. The number of nitrogens with zero attached hydrogens (tertiary/aromatic N) is 4. The summed E-state index contributed by atoms with van der Waals surface area (Å²) >= 11 is 12.4. The maximum atomic E-state index is 11.9. The molecule has 2 heterocycles. The highest BCUT2D eigenvalue weighted by molar-refractivity contribution is 6.32. The molecule has 1 N–H and O–H groups in total. The Balaban J connectivity index is 1.80. The van der Waals surface area contributed by atoms with Gasteiger partial charge in [0.25, 0.3) is 5.91 Å². The monoisotopic (exact) mass is 373 g/mol. The van der Waals surface area contributed by atoms with Crippen molar-refractivity contribution < 1.29 is 4.79 Å². The second-order valence-electron chi connectivity index (χ2n) is 5.12. The minimum atomic E-state index is -0.338. The SMILES string of the molecule is Cc1nn(-c2cccc(Cl)c2)c(Cl)c1/C=N\NC(=O)c1ccncc1. The first kappa shape index (κ1) is 17.1. The molecule has 8 heteroatoms. The van der Waals surface area contributed by atoms with E-state index in [1.165, 1.54) is 18.6 Å². The molecule has 126 valence electrons. The topological polar surface area (TPSA) is 72.2 Å². The van der Waals surface area contributed by atoms with Crippen LogP contribution in [0, 0.1) is 6.92 Å². The Morgan fingerprint density at radius 1 is 1.24 bits per heavy atom. The lowest BCUT2D eigenvalue weighted by Crippen LogP contribution is -2.17. The normalized spacial score (nSPS) is 11.0. The molecule has 0 unspecified atom stereocenters. The number of carbonyl (C=O) groups excluding carboxylic acids is 1. The van der Waals surface area contributed by atoms with E-state index in [2.05, 4.69) is 20.6 Å². The zero-order chi connectivity index (χ0) is 17.8. The Kier molecular flexibility index (Phi) is 5.11. The third kappa shape index (κ3) is 3.87. The molecule has 1 amide bonds. The zero-order valence-electron chi connectivity index (χ0n) is 13.1. The van der Waals surface area contributed by atoms with Gasteiger partial charge in [0.05, 0.1) is 23.2 Å². The summed E-state index contributed by atoms with van der Waals surface area (Å²) in [6.07, 6.45) is 4.54. The Morgan fingerprint density at radius 3 is 2.72 bits per heavy atom. The van der Waals surface area contributed by atoms with Gasteiger partial charge in [0, 0.05) is 23.0 Å². The molecule has 0 radical (unpaired) electrons. The van der Waals surface area contributed by atoms with Crippen LogP contribution in [0.2, 0.25) is 10.2 Å². The number of carbonyl (C=O) groups is 1. The van der Waals surface area contributed by atoms with E-state index < -0.39 is 0 Å². The highest BCUT2D eigenvalue weighted by atomic mass is 35.5. The van der Waals surface area contributed by atoms with Gasteiger partial charge < -0.3 is 0 Å². The van der Waals surface area contributed by atoms with Gasteiger partial charge in [0.15, 0.2) is 0 Å². The first-order chi connectivity index (χ1) is 12.1. The molecular formula is C17H13Cl2N5O. The largest absolute Gasteiger partial charge is 0.271 e. The lowest BCUT2D eigenvalue weighted by Gasteiger charge is -2.03. The van der Waals surface area contributed by atoms with Crippen LogP contribution in [0.4, 0.5) is 0 Å². The maximum Gasteiger partial charge on any atom is 0.271 e. The van der Waals surface area contributed by atoms with E-state index in [4.69, 9.17) is 23.2 Å². The summed E-state index contributed by atoms with van der Waals surface area (Å²) in [6, 6.07) is 10.4. The molecule has 0 aliphatic carbocycles. The molecule has 0 saturated carbocycles. The van der Waals surface area contributed by atoms with Crippen molar-refractivity contribution >= 4 is 35.3 Å². The van der Waals surface area contributed by atoms with Crippen molar-refractivity contribution in [3.63, 3.8) is 0 Å². The number of halogens is 2. The van der Waals surface area contributed by atoms with Crippen molar-refractivity contribution in [1.82, 2.24) is 20.2 Å². The van der Waals surface area contributed by atoms with Crippen LogP contribution in [0.3, 0.4) is 0 Å². The smallest absolute Gasteiger partial charge is 0.267 e. The summed E-state index contributed by atoms with van der Waals surface area (Å²) in [4.78, 5) is 15.8. The number of hydrogen-bond acceptors (Lipinski definition) is 4. The number of rotatable bonds is 4. The number of nitrogens with one attached hydrogen (secondary N) is 1. The average Bonchev–Trinajstić information content (AvgIpc) is 2.90. The number of amides is 1. The molecular weight excluding hydrogens is 361 g/mol. The van der Waals surface area contributed by atoms with Gasteiger partial charge in [-0.1, -0.05) is 29.3 Å². The van der Waals surface area contributed by atoms with Crippen LogP contribution in [0.5, 0.6) is 0 Å². The third-order valence-corrected chi connectivity index (χ3v) is 4.00. The summed E-state index contributed by atoms with van der Waals surface area (Å²) < 4.78 is 1.56. The third-order valence-electron chi connectivity index (χ3n) is 3.40. The molecule has 6 nitrogen and oxygen atoms in total. The van der Waals surface area contributed by atoms with Crippen molar-refractivity contribution in [3.05, 3.63) is 75.8 Å². The summed E-state index contributed by atoms with van der Waals surface area (Å²) in [5.74, 6) is -0.338. The van der Waals surface area contributed by atoms with E-state index in [1.54, 1.807) is 35.9 Å². The second-order valence-corrected chi connectivity index (χ2v) is 5.91. The Bertz CT molecular complexity index is 937. The van der Waals surface area contributed by atoms with Crippen LogP contribution in [-0.2, 0) is 0 Å². The summed E-state index contributed by atoms with van der Waals surface area (Å²) in [5, 5.41) is 9.31. The number of hydrazone groups is 1. The lowest BCUT2D eigenvalue weighted by molar-refractivity contribution is 0.0955. The first-order valence-corrected chi connectivity index (χ1v) is 8.06. The molecule has 0 fully saturated rings. The van der Waals surface area contributed by atoms with Crippen molar-refractivity contribution in [2.45, 2.75) is 6.92 Å². The van der Waals surface area contributed by atoms with Crippen LogP contribution in [0.1, 0.15) is 21.6 Å². The fraction of sp³-hybridized carbons (Fsp3) is 0.0588. The first-order valence-electron chi connectivity index (χ1n) is 7.31. The summed E-state index contributed by atoms with van der Waals surface area (Å²) in [5.41, 5.74) is 4.93. The molecule has 0 saturated heterocycles. The molecule has 2 aromatic heterocycles. The molecule has 0 aliphatic heterocycles. The van der Waals surface area contributed by atoms with Gasteiger partial charge in [0.1, 0.15) is 5.15 Å². The fourth-order valence-corrected chi connectivity index (χ4v) is 2.67. The molecule has 3 aromatic rings. The molecule has 3 rings (SSSR count). The van der Waals surface area contributed by atoms with Crippen LogP contribution < -0.4 is 5.43 Å². The van der Waals surface area contributed by atoms with Gasteiger partial charge in [-0.05, 0) is 37.3 Å². The van der Waals surface area contributed by atoms with E-state index in [0.29, 0.717) is 27.0 Å². The fourth-order valence-electron chi connectivity index (χ4n) is 2.16. The number of pyridine rings is 1. The Labute approximate surface area is 154 Å². The van der Waals surface area contributed by atoms with Crippen molar-refractivity contribution in [2.75, 3.05) is 0 Å². The molecule has 0 bridgehead atoms. The van der Waals surface area contributed by atoms with Crippen LogP contribution in [0.15, 0.2) is 53.9 Å². The molecule has 1 aromatic carbocycles. The van der Waals surface area contributed by atoms with Gasteiger partial charge in [-0.25, -0.2) is 10.1 Å². The molecule has 0 spiro atoms. The molecule has 25 heavy (non-hydrogen) atoms. The lowest BCUT2D eigenvalue weighted by atomic mass is 10.2. The van der Waals surface area contributed by atoms with Crippen LogP contribution in [-0.4, -0.2) is 26.9 Å². The Morgan fingerprint density at radius 2 is 2.00 bits per heavy atom. The van der Waals surface area contributed by atoms with Crippen LogP contribution >= 0.6 is 23.2 Å². The second kappa shape index (κ2) is 7.46. The van der Waals surface area contributed by atoms with Gasteiger partial charge >= 0.3 is 0 Å². The number of aryl methyl sites for hydroxylation is 1. The quantitative estimate of drug-likeness (QED) is 0.560. The van der Waals surface area contributed by atoms with Crippen molar-refractivity contribution in [1.29, 1.82) is 0 Å². The van der Waals surface area contributed by atoms with Crippen molar-refractivity contribution in [2.24, 2.45) is 5.10 Å². The van der Waals surface area contributed by atoms with Crippen LogP contribution in [0.25, 0.3) is 5.69 Å². The zero-order valence-corrected chi connectivity index (χ0v) is 14.7. The predicted octanol–water partition coefficient (Wildman–Crippen LogP) is 3.65. The van der Waals surface area contributed by atoms with Crippen molar-refractivity contribution in [3.8, 4) is 5.69 Å². The van der Waals surface area contributed by atoms with E-state index in [-0.39, 0.29) is 5.91 Å². The molecule has 0 atom stereocenters. The highest BCUT2D eigenvalue weighted by Crippen LogP contribution is 2.23. The maximum absolute atomic E-state index is 11.9. The minimum absolute atomic E-state index is 0.338. The van der Waals surface area contributed by atoms with E-state index in [9.17, 15) is 4.79 Å². The van der Waals surface area contributed by atoms with E-state index >= 15 is 0 Å². The minimum Gasteiger partial charge on any atom is -0.267 e. The number of aromatic nitrogens is 3. The van der Waals surface area contributed by atoms with E-state index in [0.717, 1.165) is 5.69 Å². The number of benzene rings is 1. The number of hydrogen-bond donors (Lipinski definition) is 1. The standard InChI is InChI=1S/C17H13Cl2N5O/c1-11-15(10-21-22-17(25)12-5-7-20-8-6-12)16(19)24(23-11)14-4-2-3-13(18)9-14/h2-10H,1H3,(H,22,25)/b21-10-. The average molecular weight is 374 g/mol. The van der Waals surface area contributed by atoms with Gasteiger partial charge in [-0.3, -0.25) is 9.78 Å². The van der Waals surface area contributed by atoms with E-state index in [1.807, 2.05) is 12.1 Å². The predicted molar refractivity (Wildman–Crippen MR) is 97.6 cm³/mol.